The number of aromatic amines is 1. The summed E-state index contributed by atoms with van der Waals surface area (Å²) in [4.78, 5) is 18.8. The molecule has 0 aliphatic carbocycles. The van der Waals surface area contributed by atoms with Gasteiger partial charge < -0.3 is 9.42 Å². The molecule has 1 unspecified atom stereocenters. The lowest BCUT2D eigenvalue weighted by Crippen LogP contribution is -2.30. The topological polar surface area (TPSA) is 87.9 Å². The molecule has 1 atom stereocenters. The molecule has 0 radical (unpaired) electrons. The van der Waals surface area contributed by atoms with E-state index in [1.807, 2.05) is 18.7 Å². The summed E-state index contributed by atoms with van der Waals surface area (Å²) in [5.74, 6) is 1.44. The van der Waals surface area contributed by atoms with Crippen molar-refractivity contribution in [2.75, 3.05) is 6.54 Å². The van der Waals surface area contributed by atoms with Gasteiger partial charge in [0.25, 0.3) is 0 Å². The minimum absolute atomic E-state index is 0.159. The van der Waals surface area contributed by atoms with Gasteiger partial charge in [-0.25, -0.2) is 0 Å². The Labute approximate surface area is 135 Å². The van der Waals surface area contributed by atoms with Gasteiger partial charge in [-0.3, -0.25) is 9.89 Å². The zero-order valence-corrected chi connectivity index (χ0v) is 13.9. The number of H-pyrrole nitrogens is 1. The van der Waals surface area contributed by atoms with Crippen molar-refractivity contribution in [1.29, 1.82) is 0 Å². The average Bonchev–Trinajstić information content (AvgIpc) is 3.21. The first-order valence-electron chi connectivity index (χ1n) is 8.16. The summed E-state index contributed by atoms with van der Waals surface area (Å²) >= 11 is 0. The van der Waals surface area contributed by atoms with Gasteiger partial charge in [-0.2, -0.15) is 10.1 Å². The average molecular weight is 317 g/mol. The summed E-state index contributed by atoms with van der Waals surface area (Å²) in [6.07, 6.45) is 3.94. The molecular formula is C16H23N5O2. The van der Waals surface area contributed by atoms with Gasteiger partial charge in [0, 0.05) is 30.6 Å². The molecule has 0 spiro atoms. The third-order valence-corrected chi connectivity index (χ3v) is 4.44. The number of aromatic nitrogens is 4. The number of rotatable bonds is 5. The monoisotopic (exact) mass is 317 g/mol. The lowest BCUT2D eigenvalue weighted by molar-refractivity contribution is -0.132. The summed E-state index contributed by atoms with van der Waals surface area (Å²) in [6, 6.07) is 0.159. The maximum absolute atomic E-state index is 12.6. The first-order chi connectivity index (χ1) is 11.1. The molecule has 2 aromatic rings. The molecule has 1 aliphatic rings. The van der Waals surface area contributed by atoms with Crippen LogP contribution in [0.4, 0.5) is 0 Å². The normalized spacial score (nSPS) is 17.9. The number of nitrogens with one attached hydrogen (secondary N) is 1. The van der Waals surface area contributed by atoms with Crippen molar-refractivity contribution >= 4 is 5.91 Å². The van der Waals surface area contributed by atoms with E-state index in [4.69, 9.17) is 4.52 Å². The van der Waals surface area contributed by atoms with Gasteiger partial charge in [-0.1, -0.05) is 5.16 Å². The van der Waals surface area contributed by atoms with E-state index in [2.05, 4.69) is 20.3 Å². The van der Waals surface area contributed by atoms with Gasteiger partial charge in [-0.05, 0) is 40.0 Å². The molecule has 1 aliphatic heterocycles. The molecule has 3 rings (SSSR count). The predicted molar refractivity (Wildman–Crippen MR) is 83.7 cm³/mol. The maximum Gasteiger partial charge on any atom is 0.226 e. The lowest BCUT2D eigenvalue weighted by Gasteiger charge is -2.25. The molecular weight excluding hydrogens is 294 g/mol. The maximum atomic E-state index is 12.6. The summed E-state index contributed by atoms with van der Waals surface area (Å²) in [7, 11) is 0. The van der Waals surface area contributed by atoms with Gasteiger partial charge in [0.15, 0.2) is 5.82 Å². The van der Waals surface area contributed by atoms with Gasteiger partial charge in [-0.15, -0.1) is 0 Å². The first-order valence-corrected chi connectivity index (χ1v) is 8.16. The Balaban J connectivity index is 1.60. The van der Waals surface area contributed by atoms with E-state index in [-0.39, 0.29) is 11.9 Å². The van der Waals surface area contributed by atoms with Crippen LogP contribution in [0.5, 0.6) is 0 Å². The molecule has 7 nitrogen and oxygen atoms in total. The zero-order valence-electron chi connectivity index (χ0n) is 13.9. The van der Waals surface area contributed by atoms with Crippen molar-refractivity contribution in [2.45, 2.75) is 58.9 Å². The van der Waals surface area contributed by atoms with Crippen LogP contribution >= 0.6 is 0 Å². The van der Waals surface area contributed by atoms with Crippen LogP contribution in [0.3, 0.4) is 0 Å². The fourth-order valence-corrected chi connectivity index (χ4v) is 3.39. The number of amides is 1. The van der Waals surface area contributed by atoms with Gasteiger partial charge >= 0.3 is 0 Å². The van der Waals surface area contributed by atoms with Crippen molar-refractivity contribution in [3.63, 3.8) is 0 Å². The van der Waals surface area contributed by atoms with Crippen LogP contribution in [0.1, 0.15) is 60.4 Å². The van der Waals surface area contributed by atoms with Gasteiger partial charge in [0.2, 0.25) is 11.8 Å². The van der Waals surface area contributed by atoms with E-state index in [0.717, 1.165) is 37.2 Å². The molecule has 7 heteroatoms. The molecule has 23 heavy (non-hydrogen) atoms. The summed E-state index contributed by atoms with van der Waals surface area (Å²) in [5, 5.41) is 11.1. The van der Waals surface area contributed by atoms with E-state index in [0.29, 0.717) is 24.6 Å². The van der Waals surface area contributed by atoms with Crippen molar-refractivity contribution in [2.24, 2.45) is 0 Å². The lowest BCUT2D eigenvalue weighted by atomic mass is 10.0. The second-order valence-electron chi connectivity index (χ2n) is 6.18. The van der Waals surface area contributed by atoms with Gasteiger partial charge in [0.1, 0.15) is 0 Å². The molecule has 0 saturated carbocycles. The van der Waals surface area contributed by atoms with E-state index >= 15 is 0 Å². The minimum Gasteiger partial charge on any atom is -0.339 e. The van der Waals surface area contributed by atoms with Crippen molar-refractivity contribution in [1.82, 2.24) is 25.2 Å². The third kappa shape index (κ3) is 3.28. The highest BCUT2D eigenvalue weighted by atomic mass is 16.5. The number of aryl methyl sites for hydroxylation is 4. The van der Waals surface area contributed by atoms with Crippen molar-refractivity contribution < 1.29 is 9.32 Å². The number of carbonyl (C=O) groups is 1. The third-order valence-electron chi connectivity index (χ3n) is 4.44. The molecule has 0 aromatic carbocycles. The second-order valence-corrected chi connectivity index (χ2v) is 6.18. The van der Waals surface area contributed by atoms with Crippen LogP contribution in [0.15, 0.2) is 4.52 Å². The molecule has 0 bridgehead atoms. The van der Waals surface area contributed by atoms with Crippen LogP contribution in [0.25, 0.3) is 0 Å². The minimum atomic E-state index is 0.159. The Hall–Kier alpha value is -2.18. The summed E-state index contributed by atoms with van der Waals surface area (Å²) in [6.45, 7) is 6.64. The Morgan fingerprint density at radius 2 is 2.22 bits per heavy atom. The van der Waals surface area contributed by atoms with E-state index in [1.54, 1.807) is 6.92 Å². The van der Waals surface area contributed by atoms with E-state index < -0.39 is 0 Å². The Bertz CT molecular complexity index is 671. The number of hydrogen-bond donors (Lipinski definition) is 1. The Kier molecular flexibility index (Phi) is 4.45. The molecule has 124 valence electrons. The summed E-state index contributed by atoms with van der Waals surface area (Å²) < 4.78 is 5.08. The van der Waals surface area contributed by atoms with E-state index in [1.165, 1.54) is 5.56 Å². The fourth-order valence-electron chi connectivity index (χ4n) is 3.39. The number of nitrogens with zero attached hydrogens (tertiary/aromatic N) is 4. The molecule has 1 saturated heterocycles. The number of hydrogen-bond acceptors (Lipinski definition) is 5. The Morgan fingerprint density at radius 1 is 1.39 bits per heavy atom. The molecule has 1 amide bonds. The number of likely N-dealkylation sites (tertiary alicyclic amines) is 1. The molecule has 3 heterocycles. The smallest absolute Gasteiger partial charge is 0.226 e. The fraction of sp³-hybridized carbons (Fsp3) is 0.625. The van der Waals surface area contributed by atoms with Crippen LogP contribution in [-0.2, 0) is 11.2 Å². The Morgan fingerprint density at radius 3 is 2.87 bits per heavy atom. The molecule has 1 fully saturated rings. The number of carbonyl (C=O) groups excluding carboxylic acids is 1. The van der Waals surface area contributed by atoms with Crippen LogP contribution in [0, 0.1) is 20.8 Å². The second kappa shape index (κ2) is 6.52. The zero-order chi connectivity index (χ0) is 16.4. The predicted octanol–water partition coefficient (Wildman–Crippen LogP) is 2.40. The van der Waals surface area contributed by atoms with Crippen LogP contribution < -0.4 is 0 Å². The summed E-state index contributed by atoms with van der Waals surface area (Å²) in [5.41, 5.74) is 3.24. The van der Waals surface area contributed by atoms with Gasteiger partial charge in [0.05, 0.1) is 11.7 Å². The van der Waals surface area contributed by atoms with Crippen LogP contribution in [0.2, 0.25) is 0 Å². The standard InChI is InChI=1S/C16H23N5O2/c1-10-16(11(2)19-18-10)13-6-5-9-21(13)15(22)8-4-7-14-17-12(3)20-23-14/h13H,4-9H2,1-3H3,(H,18,19). The molecule has 2 aromatic heterocycles. The van der Waals surface area contributed by atoms with Crippen LogP contribution in [-0.4, -0.2) is 37.7 Å². The molecule has 1 N–H and O–H groups in total. The SMILES string of the molecule is Cc1noc(CCCC(=O)N2CCCC2c2c(C)n[nH]c2C)n1. The highest BCUT2D eigenvalue weighted by Gasteiger charge is 2.32. The highest BCUT2D eigenvalue weighted by Crippen LogP contribution is 2.35. The quantitative estimate of drug-likeness (QED) is 0.915. The largest absolute Gasteiger partial charge is 0.339 e. The first kappa shape index (κ1) is 15.7. The van der Waals surface area contributed by atoms with Crippen molar-refractivity contribution in [3.8, 4) is 0 Å². The van der Waals surface area contributed by atoms with Crippen molar-refractivity contribution in [3.05, 3.63) is 28.7 Å². The van der Waals surface area contributed by atoms with E-state index in [9.17, 15) is 4.79 Å². The highest BCUT2D eigenvalue weighted by molar-refractivity contribution is 5.77.